The van der Waals surface area contributed by atoms with E-state index in [1.54, 1.807) is 5.01 Å². The third-order valence-electron chi connectivity index (χ3n) is 4.66. The molecule has 1 amide bonds. The molecule has 2 aromatic carbocycles. The number of carbonyl (C=O) groups excluding carboxylic acids is 1. The highest BCUT2D eigenvalue weighted by atomic mass is 79.9. The first-order valence-corrected chi connectivity index (χ1v) is 10.7. The zero-order valence-electron chi connectivity index (χ0n) is 15.2. The van der Waals surface area contributed by atoms with Crippen LogP contribution in [0.2, 0.25) is 0 Å². The summed E-state index contributed by atoms with van der Waals surface area (Å²) in [7, 11) is 0. The van der Waals surface area contributed by atoms with E-state index in [0.29, 0.717) is 16.8 Å². The lowest BCUT2D eigenvalue weighted by Gasteiger charge is -2.34. The molecule has 0 saturated heterocycles. The van der Waals surface area contributed by atoms with Gasteiger partial charge in [-0.2, -0.15) is 0 Å². The minimum atomic E-state index is -0.372. The van der Waals surface area contributed by atoms with Crippen LogP contribution < -0.4 is 15.9 Å². The van der Waals surface area contributed by atoms with E-state index in [1.807, 2.05) is 24.5 Å². The highest BCUT2D eigenvalue weighted by Crippen LogP contribution is 2.31. The number of nitrogens with one attached hydrogen (secondary N) is 1. The van der Waals surface area contributed by atoms with Crippen LogP contribution in [0.25, 0.3) is 5.70 Å². The average Bonchev–Trinajstić information content (AvgIpc) is 2.67. The minimum Gasteiger partial charge on any atom is -0.298 e. The Balaban J connectivity index is 1.92. The van der Waals surface area contributed by atoms with Crippen molar-refractivity contribution in [3.63, 3.8) is 0 Å². The maximum absolute atomic E-state index is 12.9. The van der Waals surface area contributed by atoms with Gasteiger partial charge in [0.15, 0.2) is 11.3 Å². The number of nitrogens with zero attached hydrogens (tertiary/aromatic N) is 3. The summed E-state index contributed by atoms with van der Waals surface area (Å²) in [6, 6.07) is 14.2. The Bertz CT molecular complexity index is 1060. The summed E-state index contributed by atoms with van der Waals surface area (Å²) in [6.45, 7) is 4.34. The number of amidine groups is 1. The van der Waals surface area contributed by atoms with Crippen molar-refractivity contribution in [1.29, 1.82) is 0 Å². The van der Waals surface area contributed by atoms with Gasteiger partial charge in [0.2, 0.25) is 0 Å². The molecule has 0 unspecified atom stereocenters. The number of rotatable bonds is 2. The van der Waals surface area contributed by atoms with E-state index in [2.05, 4.69) is 64.5 Å². The van der Waals surface area contributed by atoms with Crippen LogP contribution in [0.4, 0.5) is 0 Å². The van der Waals surface area contributed by atoms with Gasteiger partial charge in [-0.1, -0.05) is 65.8 Å². The molecule has 1 atom stereocenters. The molecule has 0 fully saturated rings. The Labute approximate surface area is 170 Å². The fraction of sp³-hybridized carbons (Fsp3) is 0.250. The highest BCUT2D eigenvalue weighted by Gasteiger charge is 2.34. The SMILES string of the molecule is CSC1=NN2C(=c3cc(Br)ccc3=N[C@H]2c2ccc(C(C)C)cc2)C(=O)N1. The molecule has 27 heavy (non-hydrogen) atoms. The van der Waals surface area contributed by atoms with Gasteiger partial charge in [-0.15, -0.1) is 5.10 Å². The summed E-state index contributed by atoms with van der Waals surface area (Å²) in [5, 5.41) is 11.4. The van der Waals surface area contributed by atoms with E-state index in [4.69, 9.17) is 4.99 Å². The maximum atomic E-state index is 12.9. The summed E-state index contributed by atoms with van der Waals surface area (Å²) in [6.07, 6.45) is 1.52. The smallest absolute Gasteiger partial charge is 0.276 e. The van der Waals surface area contributed by atoms with Gasteiger partial charge in [0.1, 0.15) is 5.70 Å². The first kappa shape index (κ1) is 18.3. The predicted octanol–water partition coefficient (Wildman–Crippen LogP) is 3.08. The van der Waals surface area contributed by atoms with Gasteiger partial charge < -0.3 is 0 Å². The van der Waals surface area contributed by atoms with Gasteiger partial charge in [-0.25, -0.2) is 5.01 Å². The van der Waals surface area contributed by atoms with Crippen LogP contribution in [-0.4, -0.2) is 22.3 Å². The van der Waals surface area contributed by atoms with E-state index >= 15 is 0 Å². The molecule has 0 aromatic heterocycles. The molecule has 1 N–H and O–H groups in total. The Morgan fingerprint density at radius 1 is 1.19 bits per heavy atom. The molecule has 2 aliphatic heterocycles. The maximum Gasteiger partial charge on any atom is 0.276 e. The molecule has 2 heterocycles. The number of hydrazone groups is 1. The van der Waals surface area contributed by atoms with E-state index in [0.717, 1.165) is 20.6 Å². The normalized spacial score (nSPS) is 18.5. The Morgan fingerprint density at radius 2 is 1.93 bits per heavy atom. The summed E-state index contributed by atoms with van der Waals surface area (Å²) in [5.41, 5.74) is 2.80. The fourth-order valence-electron chi connectivity index (χ4n) is 3.21. The van der Waals surface area contributed by atoms with Crippen molar-refractivity contribution >= 4 is 44.5 Å². The zero-order chi connectivity index (χ0) is 19.1. The van der Waals surface area contributed by atoms with Crippen molar-refractivity contribution in [2.45, 2.75) is 25.9 Å². The Kier molecular flexibility index (Phi) is 4.82. The second-order valence-electron chi connectivity index (χ2n) is 6.74. The number of amides is 1. The van der Waals surface area contributed by atoms with E-state index < -0.39 is 0 Å². The van der Waals surface area contributed by atoms with Crippen molar-refractivity contribution in [2.75, 3.05) is 6.26 Å². The first-order valence-electron chi connectivity index (χ1n) is 8.68. The van der Waals surface area contributed by atoms with Crippen molar-refractivity contribution in [2.24, 2.45) is 10.1 Å². The van der Waals surface area contributed by atoms with Crippen LogP contribution in [0.5, 0.6) is 0 Å². The molecule has 2 aliphatic rings. The Morgan fingerprint density at radius 3 is 2.59 bits per heavy atom. The lowest BCUT2D eigenvalue weighted by Crippen LogP contribution is -2.50. The second-order valence-corrected chi connectivity index (χ2v) is 8.45. The lowest BCUT2D eigenvalue weighted by molar-refractivity contribution is -0.116. The van der Waals surface area contributed by atoms with Crippen molar-refractivity contribution < 1.29 is 4.79 Å². The van der Waals surface area contributed by atoms with Crippen molar-refractivity contribution in [3.8, 4) is 0 Å². The first-order chi connectivity index (χ1) is 13.0. The molecule has 138 valence electrons. The predicted molar refractivity (Wildman–Crippen MR) is 113 cm³/mol. The van der Waals surface area contributed by atoms with E-state index in [-0.39, 0.29) is 12.1 Å². The van der Waals surface area contributed by atoms with Gasteiger partial charge in [0.25, 0.3) is 5.91 Å². The lowest BCUT2D eigenvalue weighted by atomic mass is 10.0. The zero-order valence-corrected chi connectivity index (χ0v) is 17.6. The summed E-state index contributed by atoms with van der Waals surface area (Å²) in [4.78, 5) is 17.8. The van der Waals surface area contributed by atoms with Crippen LogP contribution in [0.1, 0.15) is 37.1 Å². The molecular weight excluding hydrogens is 424 g/mol. The number of thioether (sulfide) groups is 1. The number of fused-ring (bicyclic) bond motifs is 2. The van der Waals surface area contributed by atoms with Crippen LogP contribution in [0.15, 0.2) is 57.0 Å². The van der Waals surface area contributed by atoms with E-state index in [9.17, 15) is 4.79 Å². The van der Waals surface area contributed by atoms with Gasteiger partial charge >= 0.3 is 0 Å². The third kappa shape index (κ3) is 3.30. The molecule has 5 nitrogen and oxygen atoms in total. The number of hydrogen-bond donors (Lipinski definition) is 1. The summed E-state index contributed by atoms with van der Waals surface area (Å²) >= 11 is 4.89. The molecule has 0 radical (unpaired) electrons. The van der Waals surface area contributed by atoms with E-state index in [1.165, 1.54) is 17.3 Å². The number of hydrogen-bond acceptors (Lipinski definition) is 5. The largest absolute Gasteiger partial charge is 0.298 e. The molecule has 0 spiro atoms. The van der Waals surface area contributed by atoms with Crippen LogP contribution in [0, 0.1) is 0 Å². The molecule has 0 bridgehead atoms. The topological polar surface area (TPSA) is 57.1 Å². The monoisotopic (exact) mass is 442 g/mol. The molecule has 7 heteroatoms. The van der Waals surface area contributed by atoms with Crippen molar-refractivity contribution in [1.82, 2.24) is 10.3 Å². The van der Waals surface area contributed by atoms with Crippen molar-refractivity contribution in [3.05, 3.63) is 68.6 Å². The third-order valence-corrected chi connectivity index (χ3v) is 5.73. The molecule has 0 saturated carbocycles. The van der Waals surface area contributed by atoms with Crippen LogP contribution in [0.3, 0.4) is 0 Å². The van der Waals surface area contributed by atoms with Crippen LogP contribution >= 0.6 is 27.7 Å². The number of carbonyl (C=O) groups is 1. The summed E-state index contributed by atoms with van der Waals surface area (Å²) < 4.78 is 0.899. The molecule has 0 aliphatic carbocycles. The number of benzene rings is 2. The molecular formula is C20H19BrN4OS. The van der Waals surface area contributed by atoms with Gasteiger partial charge in [-0.05, 0) is 41.5 Å². The van der Waals surface area contributed by atoms with Gasteiger partial charge in [-0.3, -0.25) is 15.1 Å². The second kappa shape index (κ2) is 7.13. The average molecular weight is 443 g/mol. The molecule has 4 rings (SSSR count). The van der Waals surface area contributed by atoms with Gasteiger partial charge in [0, 0.05) is 9.69 Å². The van der Waals surface area contributed by atoms with Gasteiger partial charge in [0.05, 0.1) is 5.36 Å². The fourth-order valence-corrected chi connectivity index (χ4v) is 3.94. The standard InChI is InChI=1S/C20H19BrN4OS/c1-11(2)12-4-6-13(7-5-12)18-22-16-9-8-14(21)10-15(16)17-19(26)23-20(27-3)24-25(17)18/h4-11,18H,1-3H3,(H,23,24,26)/t18-/m1/s1. The quantitative estimate of drug-likeness (QED) is 0.777. The Hall–Kier alpha value is -2.12. The summed E-state index contributed by atoms with van der Waals surface area (Å²) in [5.74, 6) is 0.303. The van der Waals surface area contributed by atoms with Crippen LogP contribution in [-0.2, 0) is 4.79 Å². The highest BCUT2D eigenvalue weighted by molar-refractivity contribution is 9.10. The minimum absolute atomic E-state index is 0.160. The number of halogens is 1. The molecule has 2 aromatic rings.